The summed E-state index contributed by atoms with van der Waals surface area (Å²) in [5.41, 5.74) is 2.36. The van der Waals surface area contributed by atoms with Gasteiger partial charge in [-0.2, -0.15) is 0 Å². The lowest BCUT2D eigenvalue weighted by Gasteiger charge is -2.23. The molecule has 0 bridgehead atoms. The lowest BCUT2D eigenvalue weighted by atomic mass is 10.1. The Hall–Kier alpha value is -2.40. The number of hydrogen-bond donors (Lipinski definition) is 2. The zero-order valence-electron chi connectivity index (χ0n) is 15.4. The van der Waals surface area contributed by atoms with E-state index in [0.29, 0.717) is 6.54 Å². The highest BCUT2D eigenvalue weighted by molar-refractivity contribution is 5.79. The molecule has 5 nitrogen and oxygen atoms in total. The minimum Gasteiger partial charge on any atom is -0.357 e. The summed E-state index contributed by atoms with van der Waals surface area (Å²) in [4.78, 5) is 11.3. The van der Waals surface area contributed by atoms with Gasteiger partial charge in [0.15, 0.2) is 5.96 Å². The number of benzene rings is 1. The number of likely N-dealkylation sites (N-methyl/N-ethyl adjacent to an activating group) is 1. The van der Waals surface area contributed by atoms with Gasteiger partial charge in [-0.05, 0) is 38.7 Å². The van der Waals surface area contributed by atoms with Crippen molar-refractivity contribution < 1.29 is 0 Å². The Kier molecular flexibility index (Phi) is 7.92. The van der Waals surface area contributed by atoms with Crippen molar-refractivity contribution in [1.82, 2.24) is 20.5 Å². The molecular weight excluding hydrogens is 310 g/mol. The van der Waals surface area contributed by atoms with Crippen LogP contribution in [0.25, 0.3) is 0 Å². The molecule has 0 fully saturated rings. The van der Waals surface area contributed by atoms with Crippen molar-refractivity contribution in [2.75, 3.05) is 33.7 Å². The first-order chi connectivity index (χ1) is 12.2. The molecule has 0 radical (unpaired) electrons. The molecule has 1 unspecified atom stereocenters. The molecule has 0 aliphatic heterocycles. The first-order valence-electron chi connectivity index (χ1n) is 8.84. The first kappa shape index (κ1) is 18.9. The zero-order valence-corrected chi connectivity index (χ0v) is 15.4. The smallest absolute Gasteiger partial charge is 0.191 e. The molecule has 2 aromatic rings. The number of rotatable bonds is 8. The van der Waals surface area contributed by atoms with E-state index in [9.17, 15) is 0 Å². The van der Waals surface area contributed by atoms with E-state index in [1.54, 1.807) is 0 Å². The van der Waals surface area contributed by atoms with Gasteiger partial charge in [-0.15, -0.1) is 0 Å². The molecule has 2 rings (SSSR count). The van der Waals surface area contributed by atoms with Crippen molar-refractivity contribution in [2.24, 2.45) is 4.99 Å². The maximum absolute atomic E-state index is 4.77. The number of aliphatic imine (C=N–C) groups is 1. The maximum atomic E-state index is 4.77. The quantitative estimate of drug-likeness (QED) is 0.573. The predicted molar refractivity (Wildman–Crippen MR) is 105 cm³/mol. The van der Waals surface area contributed by atoms with Crippen LogP contribution in [0.3, 0.4) is 0 Å². The molecule has 1 heterocycles. The molecule has 2 N–H and O–H groups in total. The van der Waals surface area contributed by atoms with Gasteiger partial charge < -0.3 is 15.5 Å². The number of guanidine groups is 1. The number of hydrogen-bond acceptors (Lipinski definition) is 3. The molecule has 0 saturated carbocycles. The second-order valence-corrected chi connectivity index (χ2v) is 6.11. The second-order valence-electron chi connectivity index (χ2n) is 6.11. The third kappa shape index (κ3) is 6.55. The Balaban J connectivity index is 1.95. The van der Waals surface area contributed by atoms with Crippen molar-refractivity contribution in [2.45, 2.75) is 19.4 Å². The number of aromatic nitrogens is 1. The van der Waals surface area contributed by atoms with Crippen LogP contribution < -0.4 is 10.6 Å². The summed E-state index contributed by atoms with van der Waals surface area (Å²) in [5.74, 6) is 0.848. The monoisotopic (exact) mass is 339 g/mol. The van der Waals surface area contributed by atoms with E-state index < -0.39 is 0 Å². The minimum atomic E-state index is 0.257. The molecule has 1 aromatic carbocycles. The summed E-state index contributed by atoms with van der Waals surface area (Å²) in [6, 6.07) is 16.8. The third-order valence-electron chi connectivity index (χ3n) is 3.97. The summed E-state index contributed by atoms with van der Waals surface area (Å²) in [6.07, 6.45) is 2.71. The average molecular weight is 339 g/mol. The Bertz CT molecular complexity index is 625. The van der Waals surface area contributed by atoms with Crippen LogP contribution in [0, 0.1) is 0 Å². The van der Waals surface area contributed by atoms with Crippen LogP contribution in [-0.4, -0.2) is 49.6 Å². The molecular formula is C20H29N5. The highest BCUT2D eigenvalue weighted by Gasteiger charge is 2.13. The number of nitrogens with one attached hydrogen (secondary N) is 2. The molecule has 0 saturated heterocycles. The van der Waals surface area contributed by atoms with Crippen LogP contribution in [0.15, 0.2) is 59.7 Å². The standard InChI is InChI=1S/C20H29N5/c1-4-21-20(23-15-13-18-12-8-9-14-22-18)24-16-19(25(2)3)17-10-6-5-7-11-17/h5-12,14,19H,4,13,15-16H2,1-3H3,(H2,21,23,24). The van der Waals surface area contributed by atoms with E-state index in [0.717, 1.165) is 31.2 Å². The average Bonchev–Trinajstić information content (AvgIpc) is 2.63. The van der Waals surface area contributed by atoms with Crippen molar-refractivity contribution >= 4 is 5.96 Å². The van der Waals surface area contributed by atoms with Crippen molar-refractivity contribution in [1.29, 1.82) is 0 Å². The molecule has 0 spiro atoms. The molecule has 25 heavy (non-hydrogen) atoms. The van der Waals surface area contributed by atoms with E-state index in [2.05, 4.69) is 65.8 Å². The molecule has 1 aromatic heterocycles. The largest absolute Gasteiger partial charge is 0.357 e. The van der Waals surface area contributed by atoms with Crippen molar-refractivity contribution in [3.05, 3.63) is 66.0 Å². The second kappa shape index (κ2) is 10.5. The molecule has 0 aliphatic rings. The van der Waals surface area contributed by atoms with Gasteiger partial charge in [0.1, 0.15) is 0 Å². The molecule has 0 aliphatic carbocycles. The lowest BCUT2D eigenvalue weighted by Crippen LogP contribution is -2.39. The summed E-state index contributed by atoms with van der Waals surface area (Å²) < 4.78 is 0. The van der Waals surface area contributed by atoms with Gasteiger partial charge in [-0.25, -0.2) is 0 Å². The van der Waals surface area contributed by atoms with Gasteiger partial charge in [0, 0.05) is 31.4 Å². The number of nitrogens with zero attached hydrogens (tertiary/aromatic N) is 3. The first-order valence-corrected chi connectivity index (χ1v) is 8.84. The van der Waals surface area contributed by atoms with Gasteiger partial charge in [0.25, 0.3) is 0 Å². The number of pyridine rings is 1. The Labute approximate surface area is 151 Å². The van der Waals surface area contributed by atoms with Crippen LogP contribution >= 0.6 is 0 Å². The maximum Gasteiger partial charge on any atom is 0.191 e. The molecule has 1 atom stereocenters. The van der Waals surface area contributed by atoms with Gasteiger partial charge in [-0.3, -0.25) is 9.98 Å². The predicted octanol–water partition coefficient (Wildman–Crippen LogP) is 2.48. The molecule has 0 amide bonds. The fourth-order valence-corrected chi connectivity index (χ4v) is 2.62. The fraction of sp³-hybridized carbons (Fsp3) is 0.400. The van der Waals surface area contributed by atoms with Gasteiger partial charge >= 0.3 is 0 Å². The van der Waals surface area contributed by atoms with Crippen LogP contribution in [0.2, 0.25) is 0 Å². The lowest BCUT2D eigenvalue weighted by molar-refractivity contribution is 0.306. The summed E-state index contributed by atoms with van der Waals surface area (Å²) in [5, 5.41) is 6.71. The van der Waals surface area contributed by atoms with Crippen LogP contribution in [0.5, 0.6) is 0 Å². The van der Waals surface area contributed by atoms with E-state index in [4.69, 9.17) is 4.99 Å². The zero-order chi connectivity index (χ0) is 17.9. The van der Waals surface area contributed by atoms with Crippen LogP contribution in [0.4, 0.5) is 0 Å². The molecule has 134 valence electrons. The summed E-state index contributed by atoms with van der Waals surface area (Å²) >= 11 is 0. The minimum absolute atomic E-state index is 0.257. The third-order valence-corrected chi connectivity index (χ3v) is 3.97. The van der Waals surface area contributed by atoms with Gasteiger partial charge in [-0.1, -0.05) is 36.4 Å². The van der Waals surface area contributed by atoms with Gasteiger partial charge in [0.2, 0.25) is 0 Å². The van der Waals surface area contributed by atoms with Crippen LogP contribution in [0.1, 0.15) is 24.2 Å². The van der Waals surface area contributed by atoms with E-state index >= 15 is 0 Å². The van der Waals surface area contributed by atoms with E-state index in [1.807, 2.05) is 30.5 Å². The molecule has 5 heteroatoms. The van der Waals surface area contributed by atoms with Crippen molar-refractivity contribution in [3.63, 3.8) is 0 Å². The topological polar surface area (TPSA) is 52.6 Å². The summed E-state index contributed by atoms with van der Waals surface area (Å²) in [6.45, 7) is 4.43. The van der Waals surface area contributed by atoms with Crippen LogP contribution in [-0.2, 0) is 6.42 Å². The Morgan fingerprint density at radius 3 is 2.48 bits per heavy atom. The van der Waals surface area contributed by atoms with E-state index in [1.165, 1.54) is 5.56 Å². The highest BCUT2D eigenvalue weighted by Crippen LogP contribution is 2.17. The fourth-order valence-electron chi connectivity index (χ4n) is 2.62. The highest BCUT2D eigenvalue weighted by atomic mass is 15.2. The van der Waals surface area contributed by atoms with Crippen molar-refractivity contribution in [3.8, 4) is 0 Å². The van der Waals surface area contributed by atoms with Gasteiger partial charge in [0.05, 0.1) is 12.6 Å². The summed E-state index contributed by atoms with van der Waals surface area (Å²) in [7, 11) is 4.18. The Morgan fingerprint density at radius 1 is 1.08 bits per heavy atom. The SMILES string of the molecule is CCNC(=NCC(c1ccccc1)N(C)C)NCCc1ccccn1. The normalized spacial score (nSPS) is 12.9. The Morgan fingerprint density at radius 2 is 1.84 bits per heavy atom. The van der Waals surface area contributed by atoms with E-state index in [-0.39, 0.29) is 6.04 Å².